The van der Waals surface area contributed by atoms with E-state index in [1.807, 2.05) is 13.8 Å². The van der Waals surface area contributed by atoms with Crippen molar-refractivity contribution in [2.24, 2.45) is 0 Å². The fourth-order valence-corrected chi connectivity index (χ4v) is 4.25. The first-order chi connectivity index (χ1) is 16.5. The van der Waals surface area contributed by atoms with Crippen LogP contribution >= 0.6 is 8.20 Å². The van der Waals surface area contributed by atoms with Crippen molar-refractivity contribution in [1.29, 1.82) is 0 Å². The molecular formula is C25H28F6O3P-. The SMILES string of the molecule is CCCCCOc1ccc(P=C([O-])c2c(C(F)(F)F)cccc2C(F)(F)F)c(OCCCCC)c1. The number of rotatable bonds is 12. The average Bonchev–Trinajstić information content (AvgIpc) is 2.79. The van der Waals surface area contributed by atoms with Gasteiger partial charge in [0.1, 0.15) is 11.5 Å². The molecule has 0 aliphatic heterocycles. The quantitative estimate of drug-likeness (QED) is 0.172. The Morgan fingerprint density at radius 3 is 1.86 bits per heavy atom. The van der Waals surface area contributed by atoms with E-state index < -0.39 is 34.5 Å². The third kappa shape index (κ3) is 8.73. The standard InChI is InChI=1S/C25H29F6O3P/c1-3-5-7-14-33-17-12-13-21(20(16-17)34-15-8-6-4-2)35-23(32)22-18(24(26,27)28)10-9-11-19(22)25(29,30)31/h9-13,16,32H,3-8,14-15H2,1-2H3/p-1. The minimum Gasteiger partial charge on any atom is -0.823 e. The number of halogens is 6. The van der Waals surface area contributed by atoms with Crippen LogP contribution in [0.5, 0.6) is 11.5 Å². The highest BCUT2D eigenvalue weighted by molar-refractivity contribution is 7.49. The van der Waals surface area contributed by atoms with Crippen molar-refractivity contribution in [1.82, 2.24) is 0 Å². The van der Waals surface area contributed by atoms with E-state index in [0.29, 0.717) is 37.0 Å². The van der Waals surface area contributed by atoms with Gasteiger partial charge >= 0.3 is 12.4 Å². The van der Waals surface area contributed by atoms with Crippen molar-refractivity contribution in [2.45, 2.75) is 64.7 Å². The van der Waals surface area contributed by atoms with Gasteiger partial charge in [0, 0.05) is 11.4 Å². The molecule has 0 fully saturated rings. The number of alkyl halides is 6. The summed E-state index contributed by atoms with van der Waals surface area (Å²) >= 11 is 0. The summed E-state index contributed by atoms with van der Waals surface area (Å²) < 4.78 is 92.4. The topological polar surface area (TPSA) is 41.5 Å². The van der Waals surface area contributed by atoms with Crippen LogP contribution in [-0.2, 0) is 12.4 Å². The van der Waals surface area contributed by atoms with Gasteiger partial charge in [0.2, 0.25) is 0 Å². The molecular weight excluding hydrogens is 493 g/mol. The van der Waals surface area contributed by atoms with Gasteiger partial charge in [0.25, 0.3) is 0 Å². The molecule has 0 amide bonds. The molecule has 0 saturated carbocycles. The van der Waals surface area contributed by atoms with E-state index in [1.165, 1.54) is 18.2 Å². The van der Waals surface area contributed by atoms with Gasteiger partial charge in [-0.05, 0) is 42.7 Å². The maximum atomic E-state index is 13.5. The van der Waals surface area contributed by atoms with Crippen molar-refractivity contribution < 1.29 is 40.9 Å². The highest BCUT2D eigenvalue weighted by atomic mass is 31.1. The Bertz CT molecular complexity index is 954. The maximum absolute atomic E-state index is 13.5. The summed E-state index contributed by atoms with van der Waals surface area (Å²) in [7, 11) is -0.367. The first kappa shape index (κ1) is 29.0. The molecule has 0 bridgehead atoms. The summed E-state index contributed by atoms with van der Waals surface area (Å²) in [5.74, 6) is 0.645. The van der Waals surface area contributed by atoms with Crippen LogP contribution in [0.1, 0.15) is 69.1 Å². The second kappa shape index (κ2) is 13.2. The molecule has 3 nitrogen and oxygen atoms in total. The lowest BCUT2D eigenvalue weighted by molar-refractivity contribution is -0.209. The van der Waals surface area contributed by atoms with Crippen molar-refractivity contribution in [3.63, 3.8) is 0 Å². The Hall–Kier alpha value is -2.25. The molecule has 194 valence electrons. The van der Waals surface area contributed by atoms with Crippen LogP contribution < -0.4 is 19.9 Å². The highest BCUT2D eigenvalue weighted by Crippen LogP contribution is 2.40. The van der Waals surface area contributed by atoms with E-state index >= 15 is 0 Å². The van der Waals surface area contributed by atoms with E-state index in [1.54, 1.807) is 0 Å². The fourth-order valence-electron chi connectivity index (χ4n) is 3.29. The van der Waals surface area contributed by atoms with E-state index in [9.17, 15) is 31.4 Å². The lowest BCUT2D eigenvalue weighted by Crippen LogP contribution is -2.27. The predicted octanol–water partition coefficient (Wildman–Crippen LogP) is 6.97. The van der Waals surface area contributed by atoms with Gasteiger partial charge in [-0.3, -0.25) is 0 Å². The van der Waals surface area contributed by atoms with E-state index in [2.05, 4.69) is 0 Å². The molecule has 0 aliphatic rings. The monoisotopic (exact) mass is 521 g/mol. The zero-order chi connectivity index (χ0) is 26.1. The molecule has 0 heterocycles. The number of ether oxygens (including phenoxy) is 2. The summed E-state index contributed by atoms with van der Waals surface area (Å²) in [6.45, 7) is 4.79. The lowest BCUT2D eigenvalue weighted by Gasteiger charge is -2.23. The summed E-state index contributed by atoms with van der Waals surface area (Å²) in [6.07, 6.45) is -4.92. The molecule has 0 saturated heterocycles. The highest BCUT2D eigenvalue weighted by Gasteiger charge is 2.40. The number of hydrogen-bond acceptors (Lipinski definition) is 3. The van der Waals surface area contributed by atoms with Crippen LogP contribution in [0.25, 0.3) is 0 Å². The third-order valence-corrected chi connectivity index (χ3v) is 6.10. The first-order valence-electron chi connectivity index (χ1n) is 11.4. The number of benzene rings is 2. The molecule has 35 heavy (non-hydrogen) atoms. The summed E-state index contributed by atoms with van der Waals surface area (Å²) in [5.41, 5.74) is -5.96. The van der Waals surface area contributed by atoms with Crippen LogP contribution in [0.2, 0.25) is 0 Å². The normalized spacial score (nSPS) is 12.7. The van der Waals surface area contributed by atoms with Gasteiger partial charge in [-0.15, -0.1) is 5.48 Å². The largest absolute Gasteiger partial charge is 0.823 e. The average molecular weight is 521 g/mol. The first-order valence-corrected chi connectivity index (χ1v) is 12.3. The van der Waals surface area contributed by atoms with Crippen molar-refractivity contribution in [3.8, 4) is 11.5 Å². The van der Waals surface area contributed by atoms with Crippen LogP contribution in [0.3, 0.4) is 0 Å². The zero-order valence-electron chi connectivity index (χ0n) is 19.6. The zero-order valence-corrected chi connectivity index (χ0v) is 20.5. The third-order valence-electron chi connectivity index (χ3n) is 5.06. The number of unbranched alkanes of at least 4 members (excludes halogenated alkanes) is 4. The molecule has 0 aliphatic carbocycles. The Labute approximate surface area is 202 Å². The van der Waals surface area contributed by atoms with Crippen molar-refractivity contribution in [3.05, 3.63) is 53.1 Å². The minimum absolute atomic E-state index is 0.164. The number of hydrogen-bond donors (Lipinski definition) is 0. The van der Waals surface area contributed by atoms with Crippen LogP contribution in [0.15, 0.2) is 36.4 Å². The van der Waals surface area contributed by atoms with Gasteiger partial charge in [-0.2, -0.15) is 26.3 Å². The molecule has 0 radical (unpaired) electrons. The van der Waals surface area contributed by atoms with Crippen LogP contribution in [-0.4, -0.2) is 18.7 Å². The van der Waals surface area contributed by atoms with Crippen molar-refractivity contribution >= 4 is 19.0 Å². The Kier molecular flexibility index (Phi) is 10.9. The molecule has 2 aromatic rings. The fraction of sp³-hybridized carbons (Fsp3) is 0.480. The van der Waals surface area contributed by atoms with Crippen LogP contribution in [0.4, 0.5) is 26.3 Å². The van der Waals surface area contributed by atoms with Gasteiger partial charge in [0.05, 0.1) is 24.3 Å². The van der Waals surface area contributed by atoms with E-state index in [4.69, 9.17) is 9.47 Å². The second-order valence-corrected chi connectivity index (χ2v) is 8.99. The Morgan fingerprint density at radius 1 is 0.800 bits per heavy atom. The molecule has 0 atom stereocenters. The smallest absolute Gasteiger partial charge is 0.416 e. The summed E-state index contributed by atoms with van der Waals surface area (Å²) in [5, 5.41) is 13.1. The van der Waals surface area contributed by atoms with Crippen LogP contribution in [0, 0.1) is 0 Å². The Balaban J connectivity index is 2.51. The molecule has 0 spiro atoms. The lowest BCUT2D eigenvalue weighted by atomic mass is 10.0. The van der Waals surface area contributed by atoms with Gasteiger partial charge in [-0.25, -0.2) is 0 Å². The van der Waals surface area contributed by atoms with E-state index in [-0.39, 0.29) is 25.9 Å². The molecule has 0 N–H and O–H groups in total. The molecule has 10 heteroatoms. The maximum Gasteiger partial charge on any atom is 0.416 e. The second-order valence-electron chi connectivity index (χ2n) is 7.88. The molecule has 0 unspecified atom stereocenters. The van der Waals surface area contributed by atoms with Crippen molar-refractivity contribution in [2.75, 3.05) is 13.2 Å². The summed E-state index contributed by atoms with van der Waals surface area (Å²) in [4.78, 5) is 0. The molecule has 0 aromatic heterocycles. The predicted molar refractivity (Wildman–Crippen MR) is 124 cm³/mol. The molecule has 2 aromatic carbocycles. The van der Waals surface area contributed by atoms with E-state index in [0.717, 1.165) is 32.1 Å². The Morgan fingerprint density at radius 2 is 1.34 bits per heavy atom. The van der Waals surface area contributed by atoms with Gasteiger partial charge < -0.3 is 14.6 Å². The van der Waals surface area contributed by atoms with Gasteiger partial charge in [0.15, 0.2) is 0 Å². The minimum atomic E-state index is -5.13. The molecule has 2 rings (SSSR count). The summed E-state index contributed by atoms with van der Waals surface area (Å²) in [6, 6.07) is 6.09. The van der Waals surface area contributed by atoms with Gasteiger partial charge in [-0.1, -0.05) is 53.8 Å².